The topological polar surface area (TPSA) is 42.0 Å². The molecule has 0 aliphatic carbocycles. The molecule has 0 bridgehead atoms. The van der Waals surface area contributed by atoms with E-state index in [9.17, 15) is 4.79 Å². The van der Waals surface area contributed by atoms with Crippen LogP contribution in [0.1, 0.15) is 9.88 Å². The summed E-state index contributed by atoms with van der Waals surface area (Å²) in [4.78, 5) is 17.5. The van der Waals surface area contributed by atoms with Gasteiger partial charge in [0.15, 0.2) is 0 Å². The molecule has 3 nitrogen and oxygen atoms in total. The summed E-state index contributed by atoms with van der Waals surface area (Å²) >= 11 is 4.96. The van der Waals surface area contributed by atoms with Gasteiger partial charge in [0.25, 0.3) is 0 Å². The summed E-state index contributed by atoms with van der Waals surface area (Å²) in [5.41, 5.74) is 1.04. The zero-order valence-electron chi connectivity index (χ0n) is 11.2. The van der Waals surface area contributed by atoms with Gasteiger partial charge in [0.05, 0.1) is 22.5 Å². The summed E-state index contributed by atoms with van der Waals surface area (Å²) in [5.74, 6) is 1.34. The van der Waals surface area contributed by atoms with Gasteiger partial charge >= 0.3 is 0 Å². The Morgan fingerprint density at radius 1 is 1.24 bits per heavy atom. The predicted molar refractivity (Wildman–Crippen MR) is 91.9 cm³/mol. The standard InChI is InChI=1S/C15H14N2OS3/c18-14(16-8-11-4-3-7-20-11)9-19-10-15-17-12-5-1-2-6-13(12)21-15/h1-7H,8-10H2,(H,16,18). The van der Waals surface area contributed by atoms with E-state index >= 15 is 0 Å². The number of carbonyl (C=O) groups excluding carboxylic acids is 1. The van der Waals surface area contributed by atoms with Crippen molar-refractivity contribution in [3.05, 3.63) is 51.7 Å². The van der Waals surface area contributed by atoms with E-state index in [4.69, 9.17) is 0 Å². The maximum Gasteiger partial charge on any atom is 0.230 e. The number of benzene rings is 1. The van der Waals surface area contributed by atoms with Crippen LogP contribution >= 0.6 is 34.4 Å². The first-order valence-corrected chi connectivity index (χ1v) is 9.37. The number of rotatable bonds is 6. The predicted octanol–water partition coefficient (Wildman–Crippen LogP) is 3.91. The molecule has 0 atom stereocenters. The van der Waals surface area contributed by atoms with Gasteiger partial charge in [0.2, 0.25) is 5.91 Å². The first kappa shape index (κ1) is 14.6. The van der Waals surface area contributed by atoms with Crippen LogP contribution in [0.2, 0.25) is 0 Å². The van der Waals surface area contributed by atoms with Crippen LogP contribution in [0.3, 0.4) is 0 Å². The number of thiophene rings is 1. The van der Waals surface area contributed by atoms with Crippen LogP contribution in [0, 0.1) is 0 Å². The Hall–Kier alpha value is -1.37. The van der Waals surface area contributed by atoms with E-state index in [1.165, 1.54) is 9.58 Å². The molecule has 21 heavy (non-hydrogen) atoms. The Kier molecular flexibility index (Phi) is 4.90. The fourth-order valence-electron chi connectivity index (χ4n) is 1.86. The Morgan fingerprint density at radius 3 is 2.95 bits per heavy atom. The zero-order valence-corrected chi connectivity index (χ0v) is 13.7. The number of nitrogens with zero attached hydrogens (tertiary/aromatic N) is 1. The molecule has 0 radical (unpaired) electrons. The third kappa shape index (κ3) is 4.06. The molecule has 6 heteroatoms. The monoisotopic (exact) mass is 334 g/mol. The second-order valence-corrected chi connectivity index (χ2v) is 7.56. The number of aromatic nitrogens is 1. The second-order valence-electron chi connectivity index (χ2n) is 4.42. The number of fused-ring (bicyclic) bond motifs is 1. The fraction of sp³-hybridized carbons (Fsp3) is 0.200. The lowest BCUT2D eigenvalue weighted by molar-refractivity contribution is -0.118. The van der Waals surface area contributed by atoms with Gasteiger partial charge < -0.3 is 5.32 Å². The summed E-state index contributed by atoms with van der Waals surface area (Å²) in [6, 6.07) is 12.1. The van der Waals surface area contributed by atoms with Gasteiger partial charge in [-0.25, -0.2) is 4.98 Å². The van der Waals surface area contributed by atoms with E-state index in [0.29, 0.717) is 12.3 Å². The SMILES string of the molecule is O=C(CSCc1nc2ccccc2s1)NCc1cccs1. The maximum absolute atomic E-state index is 11.8. The van der Waals surface area contributed by atoms with Crippen molar-refractivity contribution in [3.8, 4) is 0 Å². The Morgan fingerprint density at radius 2 is 2.14 bits per heavy atom. The van der Waals surface area contributed by atoms with E-state index < -0.39 is 0 Å². The van der Waals surface area contributed by atoms with E-state index in [2.05, 4.69) is 16.4 Å². The molecule has 0 aliphatic heterocycles. The third-order valence-corrected chi connectivity index (χ3v) is 5.88. The van der Waals surface area contributed by atoms with E-state index in [-0.39, 0.29) is 5.91 Å². The Bertz CT molecular complexity index is 688. The van der Waals surface area contributed by atoms with Crippen LogP contribution in [0.5, 0.6) is 0 Å². The van der Waals surface area contributed by atoms with Gasteiger partial charge in [-0.15, -0.1) is 34.4 Å². The first-order chi connectivity index (χ1) is 10.3. The molecule has 0 saturated heterocycles. The summed E-state index contributed by atoms with van der Waals surface area (Å²) in [5, 5.41) is 6.02. The number of para-hydroxylation sites is 1. The quantitative estimate of drug-likeness (QED) is 0.743. The van der Waals surface area contributed by atoms with Crippen LogP contribution in [0.4, 0.5) is 0 Å². The molecule has 3 aromatic rings. The molecule has 1 N–H and O–H groups in total. The normalized spacial score (nSPS) is 10.9. The molecule has 108 valence electrons. The smallest absolute Gasteiger partial charge is 0.230 e. The molecule has 2 heterocycles. The van der Waals surface area contributed by atoms with Crippen LogP contribution in [0.15, 0.2) is 41.8 Å². The molecule has 1 aromatic carbocycles. The minimum absolute atomic E-state index is 0.0783. The van der Waals surface area contributed by atoms with Gasteiger partial charge in [0, 0.05) is 10.6 Å². The van der Waals surface area contributed by atoms with Gasteiger partial charge in [0.1, 0.15) is 5.01 Å². The Balaban J connectivity index is 1.44. The molecule has 0 unspecified atom stereocenters. The molecular formula is C15H14N2OS3. The van der Waals surface area contributed by atoms with Gasteiger partial charge in [-0.3, -0.25) is 4.79 Å². The lowest BCUT2D eigenvalue weighted by atomic mass is 10.3. The number of nitrogens with one attached hydrogen (secondary N) is 1. The summed E-state index contributed by atoms with van der Waals surface area (Å²) in [6.07, 6.45) is 0. The zero-order chi connectivity index (χ0) is 14.5. The highest BCUT2D eigenvalue weighted by Crippen LogP contribution is 2.24. The van der Waals surface area contributed by atoms with Crippen molar-refractivity contribution in [1.82, 2.24) is 10.3 Å². The van der Waals surface area contributed by atoms with Gasteiger partial charge in [-0.05, 0) is 23.6 Å². The van der Waals surface area contributed by atoms with Gasteiger partial charge in [-0.1, -0.05) is 18.2 Å². The van der Waals surface area contributed by atoms with Crippen molar-refractivity contribution in [3.63, 3.8) is 0 Å². The molecule has 1 amide bonds. The highest BCUT2D eigenvalue weighted by molar-refractivity contribution is 7.99. The van der Waals surface area contributed by atoms with Crippen molar-refractivity contribution < 1.29 is 4.79 Å². The highest BCUT2D eigenvalue weighted by Gasteiger charge is 2.06. The third-order valence-electron chi connectivity index (χ3n) is 2.84. The minimum Gasteiger partial charge on any atom is -0.350 e. The van der Waals surface area contributed by atoms with Crippen LogP contribution in [-0.4, -0.2) is 16.6 Å². The number of amides is 1. The van der Waals surface area contributed by atoms with Crippen molar-refractivity contribution in [2.45, 2.75) is 12.3 Å². The number of hydrogen-bond acceptors (Lipinski definition) is 5. The molecule has 0 aliphatic rings. The number of carbonyl (C=O) groups is 1. The molecule has 0 spiro atoms. The first-order valence-electron chi connectivity index (χ1n) is 6.52. The molecule has 3 rings (SSSR count). The number of hydrogen-bond donors (Lipinski definition) is 1. The minimum atomic E-state index is 0.0783. The van der Waals surface area contributed by atoms with E-state index in [1.54, 1.807) is 34.4 Å². The van der Waals surface area contributed by atoms with Crippen LogP contribution < -0.4 is 5.32 Å². The summed E-state index contributed by atoms with van der Waals surface area (Å²) < 4.78 is 1.20. The molecule has 0 fully saturated rings. The van der Waals surface area contributed by atoms with Crippen molar-refractivity contribution in [2.24, 2.45) is 0 Å². The van der Waals surface area contributed by atoms with E-state index in [0.717, 1.165) is 16.3 Å². The molecular weight excluding hydrogens is 320 g/mol. The average Bonchev–Trinajstić information content (AvgIpc) is 3.14. The van der Waals surface area contributed by atoms with Crippen molar-refractivity contribution in [1.29, 1.82) is 0 Å². The summed E-state index contributed by atoms with van der Waals surface area (Å²) in [6.45, 7) is 0.623. The summed E-state index contributed by atoms with van der Waals surface area (Å²) in [7, 11) is 0. The van der Waals surface area contributed by atoms with Crippen LogP contribution in [-0.2, 0) is 17.1 Å². The average molecular weight is 334 g/mol. The molecule has 2 aromatic heterocycles. The van der Waals surface area contributed by atoms with Crippen molar-refractivity contribution in [2.75, 3.05) is 5.75 Å². The number of thioether (sulfide) groups is 1. The Labute approximate surface area is 135 Å². The van der Waals surface area contributed by atoms with E-state index in [1.807, 2.05) is 35.7 Å². The highest BCUT2D eigenvalue weighted by atomic mass is 32.2. The second kappa shape index (κ2) is 7.06. The van der Waals surface area contributed by atoms with Crippen molar-refractivity contribution >= 4 is 50.6 Å². The largest absolute Gasteiger partial charge is 0.350 e. The van der Waals surface area contributed by atoms with Gasteiger partial charge in [-0.2, -0.15) is 0 Å². The van der Waals surface area contributed by atoms with Crippen LogP contribution in [0.25, 0.3) is 10.2 Å². The lowest BCUT2D eigenvalue weighted by Gasteiger charge is -2.02. The fourth-order valence-corrected chi connectivity index (χ4v) is 4.38. The lowest BCUT2D eigenvalue weighted by Crippen LogP contribution is -2.24. The number of thiazole rings is 1. The maximum atomic E-state index is 11.8. The molecule has 0 saturated carbocycles.